The molecule has 0 N–H and O–H groups in total. The van der Waals surface area contributed by atoms with E-state index in [-0.39, 0.29) is 12.1 Å². The average molecular weight is 716 g/mol. The number of rotatable bonds is 6. The van der Waals surface area contributed by atoms with Crippen LogP contribution in [0.3, 0.4) is 0 Å². The van der Waals surface area contributed by atoms with E-state index in [1.807, 2.05) is 11.8 Å². The Morgan fingerprint density at radius 2 is 1.26 bits per heavy atom. The highest BCUT2D eigenvalue weighted by Crippen LogP contribution is 2.47. The van der Waals surface area contributed by atoms with E-state index in [2.05, 4.69) is 178 Å². The maximum atomic E-state index is 6.51. The van der Waals surface area contributed by atoms with Crippen molar-refractivity contribution < 1.29 is 4.42 Å². The standard InChI is InChI=1S/C50H42BNOS/c1-5-6-15-36-28-46-39(38-20-13-14-21-45(38)53-46)31-43(36)52-42-24-22-34(32-16-9-7-10-17-32)26-40(42)51-41-27-35(33-18-11-8-12-19-33)23-25-47(41)54-48-30-37(50(2,3)4)29-44(52)49(48)51/h7-14,16-31H,5-6,15H2,1-4H3. The molecule has 10 rings (SSSR count). The minimum Gasteiger partial charge on any atom is -0.456 e. The molecule has 0 radical (unpaired) electrons. The first-order valence-electron chi connectivity index (χ1n) is 19.3. The Kier molecular flexibility index (Phi) is 7.89. The highest BCUT2D eigenvalue weighted by molar-refractivity contribution is 8.00. The van der Waals surface area contributed by atoms with E-state index >= 15 is 0 Å². The Morgan fingerprint density at radius 1 is 0.574 bits per heavy atom. The second-order valence-corrected chi connectivity index (χ2v) is 17.0. The van der Waals surface area contributed by atoms with Gasteiger partial charge < -0.3 is 9.32 Å². The lowest BCUT2D eigenvalue weighted by Crippen LogP contribution is -2.60. The summed E-state index contributed by atoms with van der Waals surface area (Å²) in [6.45, 7) is 9.39. The number of para-hydroxylation sites is 1. The fourth-order valence-electron chi connectivity index (χ4n) is 8.65. The van der Waals surface area contributed by atoms with Crippen LogP contribution in [0.25, 0.3) is 44.2 Å². The van der Waals surface area contributed by atoms with Gasteiger partial charge in [-0.3, -0.25) is 0 Å². The molecule has 0 fully saturated rings. The maximum Gasteiger partial charge on any atom is 0.249 e. The van der Waals surface area contributed by atoms with Gasteiger partial charge in [0.2, 0.25) is 6.71 Å². The van der Waals surface area contributed by atoms with Crippen molar-refractivity contribution in [2.45, 2.75) is 62.2 Å². The van der Waals surface area contributed by atoms with Gasteiger partial charge in [0.15, 0.2) is 0 Å². The molecule has 7 aromatic carbocycles. The predicted molar refractivity (Wildman–Crippen MR) is 232 cm³/mol. The molecule has 2 aliphatic rings. The molecule has 262 valence electrons. The Bertz CT molecular complexity index is 2730. The lowest BCUT2D eigenvalue weighted by molar-refractivity contribution is 0.589. The van der Waals surface area contributed by atoms with E-state index in [1.165, 1.54) is 82.0 Å². The van der Waals surface area contributed by atoms with Crippen molar-refractivity contribution in [2.24, 2.45) is 0 Å². The molecule has 2 nitrogen and oxygen atoms in total. The SMILES string of the molecule is CCCCc1cc2oc3ccccc3c2cc1N1c2ccc(-c3ccccc3)cc2B2c3cc(-c4ccccc4)ccc3Sc3cc(C(C)(C)C)cc1c32. The van der Waals surface area contributed by atoms with Crippen molar-refractivity contribution in [1.29, 1.82) is 0 Å². The van der Waals surface area contributed by atoms with Gasteiger partial charge in [0.05, 0.1) is 5.69 Å². The van der Waals surface area contributed by atoms with E-state index in [0.717, 1.165) is 35.8 Å². The average Bonchev–Trinajstić information content (AvgIpc) is 3.57. The number of hydrogen-bond acceptors (Lipinski definition) is 3. The minimum absolute atomic E-state index is 0.0299. The van der Waals surface area contributed by atoms with Crippen molar-refractivity contribution >= 4 is 73.9 Å². The Labute approximate surface area is 322 Å². The zero-order chi connectivity index (χ0) is 36.6. The highest BCUT2D eigenvalue weighted by Gasteiger charge is 2.42. The van der Waals surface area contributed by atoms with Gasteiger partial charge in [0, 0.05) is 31.9 Å². The van der Waals surface area contributed by atoms with Crippen LogP contribution in [0.15, 0.2) is 160 Å². The van der Waals surface area contributed by atoms with Crippen molar-refractivity contribution in [3.05, 3.63) is 157 Å². The van der Waals surface area contributed by atoms with Gasteiger partial charge in [-0.05, 0) is 105 Å². The lowest BCUT2D eigenvalue weighted by atomic mass is 9.34. The zero-order valence-electron chi connectivity index (χ0n) is 31.3. The van der Waals surface area contributed by atoms with Crippen LogP contribution in [-0.4, -0.2) is 6.71 Å². The molecular formula is C50H42BNOS. The first kappa shape index (κ1) is 33.1. The maximum absolute atomic E-state index is 6.51. The second kappa shape index (κ2) is 12.9. The lowest BCUT2D eigenvalue weighted by Gasteiger charge is -2.42. The van der Waals surface area contributed by atoms with E-state index in [0.29, 0.717) is 0 Å². The molecule has 54 heavy (non-hydrogen) atoms. The number of benzene rings is 7. The Balaban J connectivity index is 1.30. The predicted octanol–water partition coefficient (Wildman–Crippen LogP) is 12.3. The molecule has 0 unspecified atom stereocenters. The monoisotopic (exact) mass is 715 g/mol. The third-order valence-corrected chi connectivity index (χ3v) is 12.6. The third-order valence-electron chi connectivity index (χ3n) is 11.5. The summed E-state index contributed by atoms with van der Waals surface area (Å²) in [7, 11) is 0. The molecule has 3 heterocycles. The molecule has 1 aromatic heterocycles. The molecular weight excluding hydrogens is 673 g/mol. The summed E-state index contributed by atoms with van der Waals surface area (Å²) in [6.07, 6.45) is 3.22. The number of anilines is 3. The largest absolute Gasteiger partial charge is 0.456 e. The quantitative estimate of drug-likeness (QED) is 0.160. The molecule has 8 aromatic rings. The molecule has 0 atom stereocenters. The van der Waals surface area contributed by atoms with Gasteiger partial charge >= 0.3 is 0 Å². The molecule has 2 aliphatic heterocycles. The zero-order valence-corrected chi connectivity index (χ0v) is 32.1. The summed E-state index contributed by atoms with van der Waals surface area (Å²) >= 11 is 1.94. The molecule has 0 amide bonds. The second-order valence-electron chi connectivity index (χ2n) is 16.0. The van der Waals surface area contributed by atoms with Crippen molar-refractivity contribution in [3.8, 4) is 22.3 Å². The van der Waals surface area contributed by atoms with Gasteiger partial charge in [-0.2, -0.15) is 0 Å². The number of furan rings is 1. The van der Waals surface area contributed by atoms with Crippen molar-refractivity contribution in [1.82, 2.24) is 0 Å². The molecule has 0 spiro atoms. The first-order chi connectivity index (χ1) is 26.4. The Morgan fingerprint density at radius 3 is 1.98 bits per heavy atom. The smallest absolute Gasteiger partial charge is 0.249 e. The van der Waals surface area contributed by atoms with Crippen LogP contribution >= 0.6 is 11.8 Å². The van der Waals surface area contributed by atoms with E-state index in [1.54, 1.807) is 0 Å². The molecule has 0 saturated carbocycles. The van der Waals surface area contributed by atoms with Gasteiger partial charge in [-0.15, -0.1) is 0 Å². The van der Waals surface area contributed by atoms with Gasteiger partial charge in [0.1, 0.15) is 11.2 Å². The molecule has 0 bridgehead atoms. The van der Waals surface area contributed by atoms with Gasteiger partial charge in [-0.1, -0.05) is 154 Å². The van der Waals surface area contributed by atoms with Crippen LogP contribution in [-0.2, 0) is 11.8 Å². The molecule has 0 aliphatic carbocycles. The summed E-state index contributed by atoms with van der Waals surface area (Å²) < 4.78 is 6.51. The van der Waals surface area contributed by atoms with Crippen LogP contribution in [0.4, 0.5) is 17.1 Å². The van der Waals surface area contributed by atoms with Crippen LogP contribution in [0.2, 0.25) is 0 Å². The number of unbranched alkanes of at least 4 members (excludes halogenated alkanes) is 1. The third kappa shape index (κ3) is 5.42. The number of nitrogens with zero attached hydrogens (tertiary/aromatic N) is 1. The van der Waals surface area contributed by atoms with Gasteiger partial charge in [-0.25, -0.2) is 0 Å². The molecule has 0 saturated heterocycles. The van der Waals surface area contributed by atoms with Crippen LogP contribution in [0, 0.1) is 0 Å². The van der Waals surface area contributed by atoms with E-state index < -0.39 is 0 Å². The van der Waals surface area contributed by atoms with E-state index in [9.17, 15) is 0 Å². The molecule has 4 heteroatoms. The first-order valence-corrected chi connectivity index (χ1v) is 20.2. The van der Waals surface area contributed by atoms with Crippen LogP contribution in [0.1, 0.15) is 51.7 Å². The topological polar surface area (TPSA) is 16.4 Å². The number of hydrogen-bond donors (Lipinski definition) is 0. The van der Waals surface area contributed by atoms with E-state index in [4.69, 9.17) is 4.42 Å². The van der Waals surface area contributed by atoms with Gasteiger partial charge in [0.25, 0.3) is 0 Å². The summed E-state index contributed by atoms with van der Waals surface area (Å²) in [6, 6.07) is 54.3. The minimum atomic E-state index is -0.0299. The summed E-state index contributed by atoms with van der Waals surface area (Å²) in [5, 5.41) is 2.33. The number of aryl methyl sites for hydroxylation is 1. The van der Waals surface area contributed by atoms with Crippen LogP contribution in [0.5, 0.6) is 0 Å². The van der Waals surface area contributed by atoms with Crippen molar-refractivity contribution in [2.75, 3.05) is 4.90 Å². The fraction of sp³-hybridized carbons (Fsp3) is 0.160. The Hall–Kier alpha value is -5.45. The summed E-state index contributed by atoms with van der Waals surface area (Å²) in [5.41, 5.74) is 17.4. The summed E-state index contributed by atoms with van der Waals surface area (Å²) in [4.78, 5) is 5.31. The fourth-order valence-corrected chi connectivity index (χ4v) is 9.83. The number of fused-ring (bicyclic) bond motifs is 7. The van der Waals surface area contributed by atoms with Crippen molar-refractivity contribution in [3.63, 3.8) is 0 Å². The summed E-state index contributed by atoms with van der Waals surface area (Å²) in [5.74, 6) is 0. The highest BCUT2D eigenvalue weighted by atomic mass is 32.2. The van der Waals surface area contributed by atoms with Crippen LogP contribution < -0.4 is 21.3 Å². The normalized spacial score (nSPS) is 13.3.